The van der Waals surface area contributed by atoms with Crippen LogP contribution in [0.5, 0.6) is 0 Å². The Morgan fingerprint density at radius 1 is 1.21 bits per heavy atom. The number of oxazole rings is 1. The van der Waals surface area contributed by atoms with Gasteiger partial charge in [0.1, 0.15) is 23.3 Å². The van der Waals surface area contributed by atoms with Crippen LogP contribution < -0.4 is 0 Å². The van der Waals surface area contributed by atoms with Gasteiger partial charge in [-0.3, -0.25) is 9.48 Å². The van der Waals surface area contributed by atoms with E-state index in [0.29, 0.717) is 30.3 Å². The molecule has 4 heterocycles. The SMILES string of the molecule is CCn1cc(-c2cc(C(=O)N3CCCCC3c3ncc(Cc4ccc(F)cc4)o3)on2)cn1. The predicted octanol–water partition coefficient (Wildman–Crippen LogP) is 4.64. The molecule has 1 aliphatic rings. The lowest BCUT2D eigenvalue weighted by molar-refractivity contribution is 0.0528. The van der Waals surface area contributed by atoms with E-state index in [4.69, 9.17) is 8.94 Å². The van der Waals surface area contributed by atoms with Crippen molar-refractivity contribution in [3.05, 3.63) is 77.7 Å². The number of likely N-dealkylation sites (tertiary alicyclic amines) is 1. The zero-order chi connectivity index (χ0) is 22.8. The van der Waals surface area contributed by atoms with E-state index in [1.165, 1.54) is 12.1 Å². The summed E-state index contributed by atoms with van der Waals surface area (Å²) in [7, 11) is 0. The highest BCUT2D eigenvalue weighted by Crippen LogP contribution is 2.33. The molecule has 4 aromatic rings. The van der Waals surface area contributed by atoms with E-state index in [0.717, 1.165) is 36.9 Å². The van der Waals surface area contributed by atoms with Gasteiger partial charge in [-0.1, -0.05) is 17.3 Å². The van der Waals surface area contributed by atoms with Gasteiger partial charge in [-0.15, -0.1) is 0 Å². The molecule has 1 unspecified atom stereocenters. The van der Waals surface area contributed by atoms with Crippen molar-refractivity contribution in [2.45, 2.75) is 45.2 Å². The molecule has 5 rings (SSSR count). The van der Waals surface area contributed by atoms with E-state index in [-0.39, 0.29) is 23.5 Å². The van der Waals surface area contributed by atoms with Crippen LogP contribution in [0, 0.1) is 5.82 Å². The second-order valence-electron chi connectivity index (χ2n) is 8.14. The molecule has 0 bridgehead atoms. The fourth-order valence-corrected chi connectivity index (χ4v) is 4.12. The maximum atomic E-state index is 13.3. The summed E-state index contributed by atoms with van der Waals surface area (Å²) in [5, 5.41) is 8.31. The third kappa shape index (κ3) is 4.44. The maximum Gasteiger partial charge on any atom is 0.293 e. The number of piperidine rings is 1. The van der Waals surface area contributed by atoms with Crippen LogP contribution in [0.2, 0.25) is 0 Å². The lowest BCUT2D eigenvalue weighted by Crippen LogP contribution is -2.38. The molecule has 9 heteroatoms. The third-order valence-electron chi connectivity index (χ3n) is 5.89. The minimum absolute atomic E-state index is 0.180. The maximum absolute atomic E-state index is 13.3. The number of rotatable bonds is 6. The zero-order valence-corrected chi connectivity index (χ0v) is 18.3. The van der Waals surface area contributed by atoms with Crippen molar-refractivity contribution in [3.63, 3.8) is 0 Å². The van der Waals surface area contributed by atoms with Crippen molar-refractivity contribution in [3.8, 4) is 11.3 Å². The molecule has 0 saturated carbocycles. The van der Waals surface area contributed by atoms with Gasteiger partial charge in [0.25, 0.3) is 5.91 Å². The molecular weight excluding hydrogens is 425 g/mol. The molecule has 0 aliphatic carbocycles. The van der Waals surface area contributed by atoms with Gasteiger partial charge < -0.3 is 13.8 Å². The Morgan fingerprint density at radius 2 is 2.06 bits per heavy atom. The Morgan fingerprint density at radius 3 is 2.85 bits per heavy atom. The summed E-state index contributed by atoms with van der Waals surface area (Å²) in [5.74, 6) is 0.843. The van der Waals surface area contributed by atoms with Crippen LogP contribution in [-0.4, -0.2) is 37.3 Å². The lowest BCUT2D eigenvalue weighted by Gasteiger charge is -2.32. The van der Waals surface area contributed by atoms with E-state index in [2.05, 4.69) is 15.2 Å². The van der Waals surface area contributed by atoms with Gasteiger partial charge in [-0.25, -0.2) is 9.37 Å². The van der Waals surface area contributed by atoms with Crippen LogP contribution in [0.1, 0.15) is 60.0 Å². The van der Waals surface area contributed by atoms with Crippen molar-refractivity contribution in [1.29, 1.82) is 0 Å². The highest BCUT2D eigenvalue weighted by molar-refractivity contribution is 5.92. The van der Waals surface area contributed by atoms with Crippen molar-refractivity contribution in [1.82, 2.24) is 24.8 Å². The molecule has 1 aromatic carbocycles. The summed E-state index contributed by atoms with van der Waals surface area (Å²) in [6, 6.07) is 7.67. The molecule has 33 heavy (non-hydrogen) atoms. The molecular formula is C24H24FN5O3. The minimum Gasteiger partial charge on any atom is -0.443 e. The number of carbonyl (C=O) groups excluding carboxylic acids is 1. The van der Waals surface area contributed by atoms with Crippen LogP contribution in [0.3, 0.4) is 0 Å². The number of carbonyl (C=O) groups is 1. The standard InChI is InChI=1S/C24H24FN5O3/c1-2-29-15-17(13-27-29)20-12-22(33-28-20)24(31)30-10-4-3-5-21(30)23-26-14-19(32-23)11-16-6-8-18(25)9-7-16/h6-9,12-15,21H,2-5,10-11H2,1H3. The molecule has 1 atom stereocenters. The van der Waals surface area contributed by atoms with E-state index in [9.17, 15) is 9.18 Å². The summed E-state index contributed by atoms with van der Waals surface area (Å²) in [4.78, 5) is 19.5. The van der Waals surface area contributed by atoms with Gasteiger partial charge in [0, 0.05) is 37.3 Å². The van der Waals surface area contributed by atoms with Crippen LogP contribution in [0.25, 0.3) is 11.3 Å². The van der Waals surface area contributed by atoms with E-state index in [1.54, 1.807) is 40.2 Å². The molecule has 0 radical (unpaired) electrons. The molecule has 8 nitrogen and oxygen atoms in total. The number of nitrogens with zero attached hydrogens (tertiary/aromatic N) is 5. The summed E-state index contributed by atoms with van der Waals surface area (Å²) < 4.78 is 26.3. The van der Waals surface area contributed by atoms with Crippen LogP contribution >= 0.6 is 0 Å². The second kappa shape index (κ2) is 9.01. The molecule has 1 amide bonds. The summed E-state index contributed by atoms with van der Waals surface area (Å²) in [6.07, 6.45) is 8.38. The number of amides is 1. The number of hydrogen-bond donors (Lipinski definition) is 0. The van der Waals surface area contributed by atoms with E-state index >= 15 is 0 Å². The molecule has 1 fully saturated rings. The quantitative estimate of drug-likeness (QED) is 0.426. The summed E-state index contributed by atoms with van der Waals surface area (Å²) >= 11 is 0. The molecule has 0 spiro atoms. The Bertz CT molecular complexity index is 1240. The first-order chi connectivity index (χ1) is 16.1. The van der Waals surface area contributed by atoms with Gasteiger partial charge >= 0.3 is 0 Å². The van der Waals surface area contributed by atoms with Crippen LogP contribution in [0.4, 0.5) is 4.39 Å². The fraction of sp³-hybridized carbons (Fsp3) is 0.333. The van der Waals surface area contributed by atoms with Crippen molar-refractivity contribution < 1.29 is 18.1 Å². The van der Waals surface area contributed by atoms with Gasteiger partial charge in [0.15, 0.2) is 0 Å². The van der Waals surface area contributed by atoms with Crippen molar-refractivity contribution in [2.75, 3.05) is 6.54 Å². The zero-order valence-electron chi connectivity index (χ0n) is 18.3. The number of aromatic nitrogens is 4. The van der Waals surface area contributed by atoms with E-state index < -0.39 is 0 Å². The minimum atomic E-state index is -0.275. The third-order valence-corrected chi connectivity index (χ3v) is 5.89. The van der Waals surface area contributed by atoms with Crippen LogP contribution in [0.15, 0.2) is 57.9 Å². The molecule has 3 aromatic heterocycles. The van der Waals surface area contributed by atoms with Crippen LogP contribution in [-0.2, 0) is 13.0 Å². The first-order valence-electron chi connectivity index (χ1n) is 11.1. The van der Waals surface area contributed by atoms with E-state index in [1.807, 2.05) is 13.1 Å². The smallest absolute Gasteiger partial charge is 0.293 e. The normalized spacial score (nSPS) is 16.3. The molecule has 1 saturated heterocycles. The topological polar surface area (TPSA) is 90.2 Å². The number of benzene rings is 1. The van der Waals surface area contributed by atoms with Crippen molar-refractivity contribution in [2.24, 2.45) is 0 Å². The molecule has 0 N–H and O–H groups in total. The number of hydrogen-bond acceptors (Lipinski definition) is 6. The first kappa shape index (κ1) is 21.1. The highest BCUT2D eigenvalue weighted by atomic mass is 19.1. The Labute approximate surface area is 190 Å². The Balaban J connectivity index is 1.33. The Kier molecular flexibility index (Phi) is 5.77. The summed E-state index contributed by atoms with van der Waals surface area (Å²) in [6.45, 7) is 3.33. The van der Waals surface area contributed by atoms with Gasteiger partial charge in [0.05, 0.1) is 12.4 Å². The summed E-state index contributed by atoms with van der Waals surface area (Å²) in [5.41, 5.74) is 2.30. The highest BCUT2D eigenvalue weighted by Gasteiger charge is 2.34. The average Bonchev–Trinajstić information content (AvgIpc) is 3.60. The molecule has 1 aliphatic heterocycles. The average molecular weight is 449 g/mol. The number of aryl methyl sites for hydroxylation is 1. The second-order valence-corrected chi connectivity index (χ2v) is 8.14. The van der Waals surface area contributed by atoms with Gasteiger partial charge in [-0.05, 0) is 43.9 Å². The fourth-order valence-electron chi connectivity index (χ4n) is 4.12. The van der Waals surface area contributed by atoms with Gasteiger partial charge in [-0.2, -0.15) is 5.10 Å². The first-order valence-corrected chi connectivity index (χ1v) is 11.1. The Hall–Kier alpha value is -3.75. The van der Waals surface area contributed by atoms with Gasteiger partial charge in [0.2, 0.25) is 11.7 Å². The molecule has 170 valence electrons. The largest absolute Gasteiger partial charge is 0.443 e. The van der Waals surface area contributed by atoms with Crippen molar-refractivity contribution >= 4 is 5.91 Å². The lowest BCUT2D eigenvalue weighted by atomic mass is 10.0. The monoisotopic (exact) mass is 449 g/mol. The number of halogens is 1. The predicted molar refractivity (Wildman–Crippen MR) is 117 cm³/mol.